The number of benzene rings is 1. The fourth-order valence-corrected chi connectivity index (χ4v) is 3.71. The first-order valence-electron chi connectivity index (χ1n) is 9.33. The Bertz CT molecular complexity index is 517. The molecule has 1 aliphatic heterocycles. The lowest BCUT2D eigenvalue weighted by atomic mass is 9.89. The number of rotatable bonds is 5. The van der Waals surface area contributed by atoms with Gasteiger partial charge in [0, 0.05) is 19.1 Å². The van der Waals surface area contributed by atoms with E-state index in [1.807, 2.05) is 0 Å². The van der Waals surface area contributed by atoms with E-state index >= 15 is 0 Å². The van der Waals surface area contributed by atoms with E-state index in [-0.39, 0.29) is 6.10 Å². The maximum Gasteiger partial charge on any atom is 0.0792 e. The van der Waals surface area contributed by atoms with Gasteiger partial charge in [0.15, 0.2) is 0 Å². The molecule has 1 saturated heterocycles. The van der Waals surface area contributed by atoms with Crippen molar-refractivity contribution in [1.82, 2.24) is 4.90 Å². The van der Waals surface area contributed by atoms with Crippen LogP contribution in [0.15, 0.2) is 29.8 Å². The van der Waals surface area contributed by atoms with Crippen molar-refractivity contribution in [2.75, 3.05) is 13.1 Å². The van der Waals surface area contributed by atoms with Crippen molar-refractivity contribution >= 4 is 6.08 Å². The number of likely N-dealkylation sites (tertiary alicyclic amines) is 1. The van der Waals surface area contributed by atoms with Gasteiger partial charge in [-0.1, -0.05) is 56.2 Å². The molecule has 0 amide bonds. The predicted octanol–water partition coefficient (Wildman–Crippen LogP) is 4.80. The van der Waals surface area contributed by atoms with Crippen molar-refractivity contribution in [3.8, 4) is 0 Å². The molecule has 1 heterocycles. The van der Waals surface area contributed by atoms with Crippen LogP contribution in [0.3, 0.4) is 0 Å². The summed E-state index contributed by atoms with van der Waals surface area (Å²) in [5, 5.41) is 10.2. The number of piperidine rings is 1. The average Bonchev–Trinajstić information content (AvgIpc) is 2.47. The van der Waals surface area contributed by atoms with Gasteiger partial charge < -0.3 is 5.11 Å². The molecule has 0 spiro atoms. The summed E-state index contributed by atoms with van der Waals surface area (Å²) >= 11 is 0. The van der Waals surface area contributed by atoms with Crippen molar-refractivity contribution in [3.05, 3.63) is 41.0 Å². The minimum Gasteiger partial charge on any atom is -0.388 e. The highest BCUT2D eigenvalue weighted by Crippen LogP contribution is 2.29. The molecule has 2 nitrogen and oxygen atoms in total. The largest absolute Gasteiger partial charge is 0.388 e. The summed E-state index contributed by atoms with van der Waals surface area (Å²) in [6, 6.07) is 9.37. The van der Waals surface area contributed by atoms with E-state index in [2.05, 4.69) is 49.1 Å². The van der Waals surface area contributed by atoms with Gasteiger partial charge in [-0.2, -0.15) is 0 Å². The SMILES string of the molecule is CC(C)CC(O)c1ccc(C=C2CCN(C3CCC3)CC2)cc1. The zero-order chi connectivity index (χ0) is 16.2. The first-order valence-corrected chi connectivity index (χ1v) is 9.33. The molecular formula is C21H31NO. The lowest BCUT2D eigenvalue weighted by Gasteiger charge is -2.40. The first kappa shape index (κ1) is 16.7. The summed E-state index contributed by atoms with van der Waals surface area (Å²) in [7, 11) is 0. The molecule has 23 heavy (non-hydrogen) atoms. The Hall–Kier alpha value is -1.12. The lowest BCUT2D eigenvalue weighted by molar-refractivity contribution is 0.118. The van der Waals surface area contributed by atoms with Gasteiger partial charge in [-0.25, -0.2) is 0 Å². The quantitative estimate of drug-likeness (QED) is 0.844. The first-order chi connectivity index (χ1) is 11.1. The summed E-state index contributed by atoms with van der Waals surface area (Å²) in [4.78, 5) is 2.69. The van der Waals surface area contributed by atoms with Crippen molar-refractivity contribution < 1.29 is 5.11 Å². The Morgan fingerprint density at radius 2 is 1.78 bits per heavy atom. The van der Waals surface area contributed by atoms with Gasteiger partial charge in [0.2, 0.25) is 0 Å². The van der Waals surface area contributed by atoms with Crippen LogP contribution in [0.1, 0.15) is 69.6 Å². The van der Waals surface area contributed by atoms with Gasteiger partial charge in [-0.3, -0.25) is 4.90 Å². The van der Waals surface area contributed by atoms with Crippen LogP contribution in [0.2, 0.25) is 0 Å². The Kier molecular flexibility index (Phi) is 5.55. The minimum atomic E-state index is -0.331. The highest BCUT2D eigenvalue weighted by atomic mass is 16.3. The van der Waals surface area contributed by atoms with E-state index in [0.717, 1.165) is 18.0 Å². The van der Waals surface area contributed by atoms with Crippen LogP contribution in [0, 0.1) is 5.92 Å². The van der Waals surface area contributed by atoms with Crippen LogP contribution in [0.4, 0.5) is 0 Å². The van der Waals surface area contributed by atoms with Crippen LogP contribution in [-0.2, 0) is 0 Å². The van der Waals surface area contributed by atoms with Gasteiger partial charge in [0.25, 0.3) is 0 Å². The van der Waals surface area contributed by atoms with Gasteiger partial charge in [-0.15, -0.1) is 0 Å². The molecule has 0 bridgehead atoms. The minimum absolute atomic E-state index is 0.331. The van der Waals surface area contributed by atoms with Gasteiger partial charge in [0.1, 0.15) is 0 Å². The van der Waals surface area contributed by atoms with E-state index in [9.17, 15) is 5.11 Å². The van der Waals surface area contributed by atoms with Crippen LogP contribution in [0.25, 0.3) is 6.08 Å². The van der Waals surface area contributed by atoms with E-state index < -0.39 is 0 Å². The highest BCUT2D eigenvalue weighted by molar-refractivity contribution is 5.53. The summed E-state index contributed by atoms with van der Waals surface area (Å²) in [6.45, 7) is 6.78. The van der Waals surface area contributed by atoms with Crippen molar-refractivity contribution in [1.29, 1.82) is 0 Å². The molecule has 1 unspecified atom stereocenters. The maximum absolute atomic E-state index is 10.2. The van der Waals surface area contributed by atoms with Crippen LogP contribution in [-0.4, -0.2) is 29.1 Å². The molecular weight excluding hydrogens is 282 g/mol. The Morgan fingerprint density at radius 3 is 2.30 bits per heavy atom. The predicted molar refractivity (Wildman–Crippen MR) is 97.3 cm³/mol. The molecule has 2 fully saturated rings. The monoisotopic (exact) mass is 313 g/mol. The number of hydrogen-bond acceptors (Lipinski definition) is 2. The fraction of sp³-hybridized carbons (Fsp3) is 0.619. The van der Waals surface area contributed by atoms with Gasteiger partial charge >= 0.3 is 0 Å². The third kappa shape index (κ3) is 4.45. The van der Waals surface area contributed by atoms with E-state index in [1.165, 1.54) is 50.8 Å². The molecule has 2 aliphatic rings. The van der Waals surface area contributed by atoms with Gasteiger partial charge in [-0.05, 0) is 49.1 Å². The second-order valence-corrected chi connectivity index (χ2v) is 7.74. The highest BCUT2D eigenvalue weighted by Gasteiger charge is 2.26. The van der Waals surface area contributed by atoms with Crippen molar-refractivity contribution in [3.63, 3.8) is 0 Å². The topological polar surface area (TPSA) is 23.5 Å². The molecule has 1 aromatic rings. The standard InChI is InChI=1S/C21H31NO/c1-16(2)14-21(23)19-8-6-17(7-9-19)15-18-10-12-22(13-11-18)20-4-3-5-20/h6-9,15-16,20-21,23H,3-5,10-14H2,1-2H3. The number of nitrogens with zero attached hydrogens (tertiary/aromatic N) is 1. The third-order valence-electron chi connectivity index (χ3n) is 5.42. The van der Waals surface area contributed by atoms with E-state index in [4.69, 9.17) is 0 Å². The fourth-order valence-electron chi connectivity index (χ4n) is 3.71. The van der Waals surface area contributed by atoms with Crippen LogP contribution < -0.4 is 0 Å². The molecule has 1 aliphatic carbocycles. The zero-order valence-electron chi connectivity index (χ0n) is 14.7. The average molecular weight is 313 g/mol. The summed E-state index contributed by atoms with van der Waals surface area (Å²) in [6.07, 6.45) is 9.55. The number of aliphatic hydroxyl groups is 1. The molecule has 0 radical (unpaired) electrons. The summed E-state index contributed by atoms with van der Waals surface area (Å²) in [5.41, 5.74) is 3.90. The second-order valence-electron chi connectivity index (χ2n) is 7.74. The smallest absolute Gasteiger partial charge is 0.0792 e. The Morgan fingerprint density at radius 1 is 1.13 bits per heavy atom. The molecule has 0 aromatic heterocycles. The molecule has 1 N–H and O–H groups in total. The number of hydrogen-bond donors (Lipinski definition) is 1. The van der Waals surface area contributed by atoms with E-state index in [0.29, 0.717) is 5.92 Å². The van der Waals surface area contributed by atoms with Crippen LogP contribution in [0.5, 0.6) is 0 Å². The molecule has 126 valence electrons. The third-order valence-corrected chi connectivity index (χ3v) is 5.42. The molecule has 2 heteroatoms. The molecule has 1 saturated carbocycles. The summed E-state index contributed by atoms with van der Waals surface area (Å²) < 4.78 is 0. The van der Waals surface area contributed by atoms with Gasteiger partial charge in [0.05, 0.1) is 6.10 Å². The maximum atomic E-state index is 10.2. The van der Waals surface area contributed by atoms with Crippen molar-refractivity contribution in [2.45, 2.75) is 64.5 Å². The Labute approximate surface area is 141 Å². The summed E-state index contributed by atoms with van der Waals surface area (Å²) in [5.74, 6) is 0.521. The van der Waals surface area contributed by atoms with E-state index in [1.54, 1.807) is 5.57 Å². The molecule has 3 rings (SSSR count). The second kappa shape index (κ2) is 7.63. The Balaban J connectivity index is 1.55. The molecule has 1 aromatic carbocycles. The normalized spacial score (nSPS) is 21.3. The lowest BCUT2D eigenvalue weighted by Crippen LogP contribution is -2.43. The number of aliphatic hydroxyl groups excluding tert-OH is 1. The van der Waals surface area contributed by atoms with Crippen LogP contribution >= 0.6 is 0 Å². The zero-order valence-corrected chi connectivity index (χ0v) is 14.7. The van der Waals surface area contributed by atoms with Crippen molar-refractivity contribution in [2.24, 2.45) is 5.92 Å². The molecule has 1 atom stereocenters.